The molecule has 1 fully saturated rings. The molecule has 1 rings (SSSR count). The number of amides is 2. The van der Waals surface area contributed by atoms with Crippen molar-refractivity contribution in [3.05, 3.63) is 0 Å². The van der Waals surface area contributed by atoms with Gasteiger partial charge in [-0.2, -0.15) is 5.10 Å². The SMILES string of the molecule is CCCCC(=O)N/N=C(\C)CC(=O)NC1CCCC1. The van der Waals surface area contributed by atoms with Crippen LogP contribution in [-0.2, 0) is 9.59 Å². The van der Waals surface area contributed by atoms with E-state index in [9.17, 15) is 9.59 Å². The van der Waals surface area contributed by atoms with Gasteiger partial charge in [0.2, 0.25) is 11.8 Å². The molecule has 0 bridgehead atoms. The highest BCUT2D eigenvalue weighted by atomic mass is 16.2. The van der Waals surface area contributed by atoms with E-state index in [4.69, 9.17) is 0 Å². The van der Waals surface area contributed by atoms with Gasteiger partial charge in [0.05, 0.1) is 6.42 Å². The Morgan fingerprint density at radius 2 is 1.89 bits per heavy atom. The lowest BCUT2D eigenvalue weighted by atomic mass is 10.2. The lowest BCUT2D eigenvalue weighted by molar-refractivity contribution is -0.122. The summed E-state index contributed by atoms with van der Waals surface area (Å²) in [6.07, 6.45) is 7.15. The zero-order valence-electron chi connectivity index (χ0n) is 12.0. The Bertz CT molecular complexity index is 334. The topological polar surface area (TPSA) is 70.6 Å². The molecule has 0 aromatic heterocycles. The second-order valence-electron chi connectivity index (χ2n) is 5.21. The summed E-state index contributed by atoms with van der Waals surface area (Å²) < 4.78 is 0. The Morgan fingerprint density at radius 3 is 2.53 bits per heavy atom. The normalized spacial score (nSPS) is 16.4. The zero-order valence-corrected chi connectivity index (χ0v) is 12.0. The van der Waals surface area contributed by atoms with E-state index in [1.807, 2.05) is 6.92 Å². The fourth-order valence-electron chi connectivity index (χ4n) is 2.17. The molecule has 0 heterocycles. The van der Waals surface area contributed by atoms with Crippen LogP contribution in [0, 0.1) is 0 Å². The molecule has 0 spiro atoms. The number of hydrogen-bond donors (Lipinski definition) is 2. The molecule has 2 N–H and O–H groups in total. The lowest BCUT2D eigenvalue weighted by Crippen LogP contribution is -2.33. The van der Waals surface area contributed by atoms with Gasteiger partial charge in [0, 0.05) is 18.2 Å². The average molecular weight is 267 g/mol. The molecular formula is C14H25N3O2. The maximum atomic E-state index is 11.7. The summed E-state index contributed by atoms with van der Waals surface area (Å²) >= 11 is 0. The van der Waals surface area contributed by atoms with Crippen LogP contribution in [0.15, 0.2) is 5.10 Å². The Kier molecular flexibility index (Phi) is 7.15. The molecule has 5 nitrogen and oxygen atoms in total. The van der Waals surface area contributed by atoms with E-state index in [2.05, 4.69) is 15.8 Å². The minimum Gasteiger partial charge on any atom is -0.353 e. The summed E-state index contributed by atoms with van der Waals surface area (Å²) in [5.74, 6) is -0.0895. The highest BCUT2D eigenvalue weighted by molar-refractivity contribution is 6.00. The number of nitrogens with zero attached hydrogens (tertiary/aromatic N) is 1. The standard InChI is InChI=1S/C14H25N3O2/c1-3-4-9-13(18)17-16-11(2)10-14(19)15-12-7-5-6-8-12/h12H,3-10H2,1-2H3,(H,15,19)(H,17,18)/b16-11+. The molecule has 0 aliphatic heterocycles. The minimum absolute atomic E-state index is 0.00374. The van der Waals surface area contributed by atoms with Crippen molar-refractivity contribution in [1.29, 1.82) is 0 Å². The predicted molar refractivity (Wildman–Crippen MR) is 75.8 cm³/mol. The zero-order chi connectivity index (χ0) is 14.1. The van der Waals surface area contributed by atoms with Gasteiger partial charge in [-0.15, -0.1) is 0 Å². The van der Waals surface area contributed by atoms with E-state index in [0.717, 1.165) is 25.7 Å². The molecule has 0 saturated heterocycles. The van der Waals surface area contributed by atoms with Crippen molar-refractivity contribution in [1.82, 2.24) is 10.7 Å². The maximum absolute atomic E-state index is 11.7. The molecule has 19 heavy (non-hydrogen) atoms. The number of carbonyl (C=O) groups is 2. The highest BCUT2D eigenvalue weighted by Crippen LogP contribution is 2.17. The van der Waals surface area contributed by atoms with Gasteiger partial charge in [0.25, 0.3) is 0 Å². The van der Waals surface area contributed by atoms with E-state index < -0.39 is 0 Å². The van der Waals surface area contributed by atoms with Gasteiger partial charge < -0.3 is 5.32 Å². The monoisotopic (exact) mass is 267 g/mol. The van der Waals surface area contributed by atoms with Gasteiger partial charge in [-0.25, -0.2) is 5.43 Å². The van der Waals surface area contributed by atoms with Crippen molar-refractivity contribution in [3.63, 3.8) is 0 Å². The van der Waals surface area contributed by atoms with E-state index >= 15 is 0 Å². The van der Waals surface area contributed by atoms with E-state index in [0.29, 0.717) is 18.2 Å². The second kappa shape index (κ2) is 8.67. The number of nitrogens with one attached hydrogen (secondary N) is 2. The third-order valence-corrected chi connectivity index (χ3v) is 3.27. The summed E-state index contributed by atoms with van der Waals surface area (Å²) in [7, 11) is 0. The summed E-state index contributed by atoms with van der Waals surface area (Å²) in [6, 6.07) is 0.333. The molecule has 0 radical (unpaired) electrons. The molecule has 5 heteroatoms. The van der Waals surface area contributed by atoms with Crippen LogP contribution in [0.5, 0.6) is 0 Å². The molecule has 0 aromatic carbocycles. The van der Waals surface area contributed by atoms with Crippen LogP contribution in [0.1, 0.15) is 65.2 Å². The first-order valence-corrected chi connectivity index (χ1v) is 7.23. The quantitative estimate of drug-likeness (QED) is 0.548. The molecule has 0 aromatic rings. The van der Waals surface area contributed by atoms with Crippen LogP contribution in [-0.4, -0.2) is 23.6 Å². The fourth-order valence-corrected chi connectivity index (χ4v) is 2.17. The maximum Gasteiger partial charge on any atom is 0.240 e. The number of rotatable bonds is 7. The Hall–Kier alpha value is -1.39. The van der Waals surface area contributed by atoms with Gasteiger partial charge in [0.15, 0.2) is 0 Å². The van der Waals surface area contributed by atoms with Crippen molar-refractivity contribution in [2.45, 2.75) is 71.3 Å². The van der Waals surface area contributed by atoms with Crippen molar-refractivity contribution in [2.75, 3.05) is 0 Å². The van der Waals surface area contributed by atoms with Gasteiger partial charge >= 0.3 is 0 Å². The molecule has 1 saturated carbocycles. The Morgan fingerprint density at radius 1 is 1.21 bits per heavy atom. The first-order valence-electron chi connectivity index (χ1n) is 7.23. The van der Waals surface area contributed by atoms with Crippen LogP contribution in [0.2, 0.25) is 0 Å². The summed E-state index contributed by atoms with van der Waals surface area (Å²) in [4.78, 5) is 23.1. The molecule has 0 unspecified atom stereocenters. The second-order valence-corrected chi connectivity index (χ2v) is 5.21. The fraction of sp³-hybridized carbons (Fsp3) is 0.786. The van der Waals surface area contributed by atoms with E-state index in [-0.39, 0.29) is 18.2 Å². The first kappa shape index (κ1) is 15.7. The van der Waals surface area contributed by atoms with Crippen molar-refractivity contribution >= 4 is 17.5 Å². The minimum atomic E-state index is -0.0857. The largest absolute Gasteiger partial charge is 0.353 e. The van der Waals surface area contributed by atoms with Gasteiger partial charge in [0.1, 0.15) is 0 Å². The molecule has 108 valence electrons. The van der Waals surface area contributed by atoms with Crippen LogP contribution in [0.25, 0.3) is 0 Å². The summed E-state index contributed by atoms with van der Waals surface area (Å²) in [6.45, 7) is 3.80. The van der Waals surface area contributed by atoms with Gasteiger partial charge in [-0.05, 0) is 26.2 Å². The van der Waals surface area contributed by atoms with E-state index in [1.54, 1.807) is 6.92 Å². The van der Waals surface area contributed by atoms with Crippen LogP contribution >= 0.6 is 0 Å². The number of hydrazone groups is 1. The summed E-state index contributed by atoms with van der Waals surface area (Å²) in [5.41, 5.74) is 3.12. The Balaban J connectivity index is 2.22. The Labute approximate surface area is 115 Å². The van der Waals surface area contributed by atoms with Crippen molar-refractivity contribution in [3.8, 4) is 0 Å². The van der Waals surface area contributed by atoms with Gasteiger partial charge in [-0.3, -0.25) is 9.59 Å². The van der Waals surface area contributed by atoms with E-state index in [1.165, 1.54) is 12.8 Å². The number of carbonyl (C=O) groups excluding carboxylic acids is 2. The van der Waals surface area contributed by atoms with Crippen molar-refractivity contribution < 1.29 is 9.59 Å². The molecule has 0 atom stereocenters. The number of unbranched alkanes of at least 4 members (excludes halogenated alkanes) is 1. The first-order chi connectivity index (χ1) is 9.11. The predicted octanol–water partition coefficient (Wildman–Crippen LogP) is 2.12. The van der Waals surface area contributed by atoms with Crippen molar-refractivity contribution in [2.24, 2.45) is 5.10 Å². The lowest BCUT2D eigenvalue weighted by Gasteiger charge is -2.11. The smallest absolute Gasteiger partial charge is 0.240 e. The third kappa shape index (κ3) is 6.94. The van der Waals surface area contributed by atoms with Crippen LogP contribution in [0.4, 0.5) is 0 Å². The highest BCUT2D eigenvalue weighted by Gasteiger charge is 2.17. The molecule has 2 amide bonds. The third-order valence-electron chi connectivity index (χ3n) is 3.27. The number of hydrogen-bond acceptors (Lipinski definition) is 3. The molecular weight excluding hydrogens is 242 g/mol. The summed E-state index contributed by atoms with van der Waals surface area (Å²) in [5, 5.41) is 6.95. The molecule has 1 aliphatic carbocycles. The molecule has 1 aliphatic rings. The van der Waals surface area contributed by atoms with Crippen LogP contribution in [0.3, 0.4) is 0 Å². The average Bonchev–Trinajstić information content (AvgIpc) is 2.86. The van der Waals surface area contributed by atoms with Crippen LogP contribution < -0.4 is 10.7 Å². The van der Waals surface area contributed by atoms with Gasteiger partial charge in [-0.1, -0.05) is 26.2 Å².